The van der Waals surface area contributed by atoms with Crippen molar-refractivity contribution in [1.82, 2.24) is 9.78 Å². The molecule has 3 aromatic rings. The minimum atomic E-state index is -0.787. The molecule has 0 aliphatic carbocycles. The van der Waals surface area contributed by atoms with E-state index in [1.54, 1.807) is 35.3 Å². The molecule has 9 nitrogen and oxygen atoms in total. The Morgan fingerprint density at radius 1 is 1.11 bits per heavy atom. The lowest BCUT2D eigenvalue weighted by Crippen LogP contribution is -2.09. The number of nitrogens with zero attached hydrogens (tertiary/aromatic N) is 3. The van der Waals surface area contributed by atoms with Crippen LogP contribution in [0.25, 0.3) is 5.69 Å². The van der Waals surface area contributed by atoms with Crippen molar-refractivity contribution in [2.24, 2.45) is 0 Å². The molecule has 0 amide bonds. The maximum atomic E-state index is 12.3. The fourth-order valence-corrected chi connectivity index (χ4v) is 2.47. The van der Waals surface area contributed by atoms with Crippen LogP contribution in [-0.2, 0) is 16.1 Å². The number of benzene rings is 2. The molecular weight excluding hydrogens is 366 g/mol. The van der Waals surface area contributed by atoms with E-state index in [-0.39, 0.29) is 17.7 Å². The first-order valence-corrected chi connectivity index (χ1v) is 8.12. The van der Waals surface area contributed by atoms with Crippen molar-refractivity contribution in [3.63, 3.8) is 0 Å². The SMILES string of the molecule is COC(=O)c1cc(C(=O)OCc2ccc(-n3cccn3)cc2)cc([N+](=O)[O-])c1. The second-order valence-corrected chi connectivity index (χ2v) is 5.71. The van der Waals surface area contributed by atoms with Crippen LogP contribution in [0.1, 0.15) is 26.3 Å². The van der Waals surface area contributed by atoms with Gasteiger partial charge in [-0.25, -0.2) is 14.3 Å². The van der Waals surface area contributed by atoms with Crippen molar-refractivity contribution in [2.75, 3.05) is 7.11 Å². The number of non-ortho nitro benzene ring substituents is 1. The number of ether oxygens (including phenoxy) is 2. The first-order chi connectivity index (χ1) is 13.5. The summed E-state index contributed by atoms with van der Waals surface area (Å²) in [6.07, 6.45) is 3.47. The van der Waals surface area contributed by atoms with Gasteiger partial charge in [0.15, 0.2) is 0 Å². The molecule has 0 N–H and O–H groups in total. The third-order valence-corrected chi connectivity index (χ3v) is 3.86. The van der Waals surface area contributed by atoms with Crippen molar-refractivity contribution >= 4 is 17.6 Å². The molecule has 0 spiro atoms. The molecule has 9 heteroatoms. The predicted octanol–water partition coefficient (Wildman–Crippen LogP) is 2.92. The zero-order valence-electron chi connectivity index (χ0n) is 14.8. The average molecular weight is 381 g/mol. The third kappa shape index (κ3) is 4.21. The first-order valence-electron chi connectivity index (χ1n) is 8.12. The summed E-state index contributed by atoms with van der Waals surface area (Å²) in [4.78, 5) is 34.3. The Kier molecular flexibility index (Phi) is 5.45. The zero-order chi connectivity index (χ0) is 20.1. The minimum Gasteiger partial charge on any atom is -0.465 e. The summed E-state index contributed by atoms with van der Waals surface area (Å²) in [6.45, 7) is -0.0333. The van der Waals surface area contributed by atoms with Gasteiger partial charge < -0.3 is 9.47 Å². The molecular formula is C19H15N3O6. The molecule has 0 radical (unpaired) electrons. The van der Waals surface area contributed by atoms with Crippen LogP contribution < -0.4 is 0 Å². The van der Waals surface area contributed by atoms with Crippen LogP contribution in [-0.4, -0.2) is 33.8 Å². The van der Waals surface area contributed by atoms with Gasteiger partial charge in [0.25, 0.3) is 5.69 Å². The highest BCUT2D eigenvalue weighted by molar-refractivity contribution is 5.96. The van der Waals surface area contributed by atoms with E-state index in [4.69, 9.17) is 4.74 Å². The van der Waals surface area contributed by atoms with Gasteiger partial charge in [-0.1, -0.05) is 12.1 Å². The van der Waals surface area contributed by atoms with Gasteiger partial charge in [-0.3, -0.25) is 10.1 Å². The molecule has 0 aliphatic rings. The van der Waals surface area contributed by atoms with E-state index in [0.717, 1.165) is 30.5 Å². The molecule has 0 aliphatic heterocycles. The monoisotopic (exact) mass is 381 g/mol. The summed E-state index contributed by atoms with van der Waals surface area (Å²) in [5.41, 5.74) is 0.956. The molecule has 142 valence electrons. The molecule has 1 heterocycles. The van der Waals surface area contributed by atoms with Gasteiger partial charge in [-0.2, -0.15) is 5.10 Å². The summed E-state index contributed by atoms with van der Waals surface area (Å²) in [6, 6.07) is 12.3. The second-order valence-electron chi connectivity index (χ2n) is 5.71. The van der Waals surface area contributed by atoms with E-state index in [0.29, 0.717) is 0 Å². The van der Waals surface area contributed by atoms with E-state index >= 15 is 0 Å². The van der Waals surface area contributed by atoms with Crippen LogP contribution in [0.3, 0.4) is 0 Å². The number of nitro benzene ring substituents is 1. The molecule has 0 fully saturated rings. The Labute approximate surface area is 159 Å². The molecule has 0 unspecified atom stereocenters. The van der Waals surface area contributed by atoms with Crippen molar-refractivity contribution < 1.29 is 24.0 Å². The number of rotatable bonds is 6. The lowest BCUT2D eigenvalue weighted by Gasteiger charge is -2.08. The van der Waals surface area contributed by atoms with Crippen LogP contribution in [0.4, 0.5) is 5.69 Å². The van der Waals surface area contributed by atoms with Crippen LogP contribution in [0.5, 0.6) is 0 Å². The minimum absolute atomic E-state index is 0.0333. The van der Waals surface area contributed by atoms with E-state index in [1.807, 2.05) is 12.1 Å². The number of hydrogen-bond acceptors (Lipinski definition) is 7. The second kappa shape index (κ2) is 8.12. The summed E-state index contributed by atoms with van der Waals surface area (Å²) in [5, 5.41) is 15.2. The first kappa shape index (κ1) is 18.8. The molecule has 1 aromatic heterocycles. The average Bonchev–Trinajstić information content (AvgIpc) is 3.26. The van der Waals surface area contributed by atoms with Crippen LogP contribution in [0.2, 0.25) is 0 Å². The number of aromatic nitrogens is 2. The molecule has 0 atom stereocenters. The Bertz CT molecular complexity index is 1010. The topological polar surface area (TPSA) is 114 Å². The van der Waals surface area contributed by atoms with Gasteiger partial charge >= 0.3 is 11.9 Å². The smallest absolute Gasteiger partial charge is 0.338 e. The molecule has 28 heavy (non-hydrogen) atoms. The normalized spacial score (nSPS) is 10.3. The molecule has 3 rings (SSSR count). The van der Waals surface area contributed by atoms with Crippen molar-refractivity contribution in [3.8, 4) is 5.69 Å². The lowest BCUT2D eigenvalue weighted by molar-refractivity contribution is -0.384. The van der Waals surface area contributed by atoms with Gasteiger partial charge in [-0.05, 0) is 29.8 Å². The fourth-order valence-electron chi connectivity index (χ4n) is 2.47. The number of nitro groups is 1. The quantitative estimate of drug-likeness (QED) is 0.366. The Balaban J connectivity index is 1.73. The molecule has 2 aromatic carbocycles. The maximum Gasteiger partial charge on any atom is 0.338 e. The molecule has 0 bridgehead atoms. The van der Waals surface area contributed by atoms with E-state index in [9.17, 15) is 19.7 Å². The van der Waals surface area contributed by atoms with Gasteiger partial charge in [-0.15, -0.1) is 0 Å². The van der Waals surface area contributed by atoms with E-state index in [1.165, 1.54) is 6.07 Å². The van der Waals surface area contributed by atoms with Crippen molar-refractivity contribution in [3.05, 3.63) is 87.7 Å². The largest absolute Gasteiger partial charge is 0.465 e. The van der Waals surface area contributed by atoms with Gasteiger partial charge in [0, 0.05) is 24.5 Å². The van der Waals surface area contributed by atoms with E-state index in [2.05, 4.69) is 9.84 Å². The summed E-state index contributed by atoms with van der Waals surface area (Å²) < 4.78 is 11.5. The van der Waals surface area contributed by atoms with Crippen LogP contribution >= 0.6 is 0 Å². The molecule has 0 saturated carbocycles. The van der Waals surface area contributed by atoms with Gasteiger partial charge in [0.05, 0.1) is 28.8 Å². The Hall–Kier alpha value is -4.01. The highest BCUT2D eigenvalue weighted by Gasteiger charge is 2.19. The van der Waals surface area contributed by atoms with Crippen molar-refractivity contribution in [1.29, 1.82) is 0 Å². The highest BCUT2D eigenvalue weighted by atomic mass is 16.6. The number of esters is 2. The van der Waals surface area contributed by atoms with Crippen LogP contribution in [0, 0.1) is 10.1 Å². The fraction of sp³-hybridized carbons (Fsp3) is 0.105. The van der Waals surface area contributed by atoms with Gasteiger partial charge in [0.1, 0.15) is 6.61 Å². The number of methoxy groups -OCH3 is 1. The molecule has 0 saturated heterocycles. The number of carbonyl (C=O) groups excluding carboxylic acids is 2. The number of hydrogen-bond donors (Lipinski definition) is 0. The standard InChI is InChI=1S/C19H15N3O6/c1-27-18(23)14-9-15(11-17(10-14)22(25)26)19(24)28-12-13-3-5-16(6-4-13)21-8-2-7-20-21/h2-11H,12H2,1H3. The summed E-state index contributed by atoms with van der Waals surface area (Å²) in [5.74, 6) is -1.57. The summed E-state index contributed by atoms with van der Waals surface area (Å²) in [7, 11) is 1.14. The highest BCUT2D eigenvalue weighted by Crippen LogP contribution is 2.19. The number of carbonyl (C=O) groups is 2. The third-order valence-electron chi connectivity index (χ3n) is 3.86. The maximum absolute atomic E-state index is 12.3. The lowest BCUT2D eigenvalue weighted by atomic mass is 10.1. The summed E-state index contributed by atoms with van der Waals surface area (Å²) >= 11 is 0. The van der Waals surface area contributed by atoms with Gasteiger partial charge in [0.2, 0.25) is 0 Å². The Morgan fingerprint density at radius 3 is 2.36 bits per heavy atom. The van der Waals surface area contributed by atoms with E-state index < -0.39 is 22.5 Å². The zero-order valence-corrected chi connectivity index (χ0v) is 14.8. The van der Waals surface area contributed by atoms with Crippen LogP contribution in [0.15, 0.2) is 60.9 Å². The van der Waals surface area contributed by atoms with Crippen molar-refractivity contribution in [2.45, 2.75) is 6.61 Å². The predicted molar refractivity (Wildman–Crippen MR) is 97.1 cm³/mol. The Morgan fingerprint density at radius 2 is 1.79 bits per heavy atom.